The Morgan fingerprint density at radius 2 is 2.00 bits per heavy atom. The Labute approximate surface area is 137 Å². The summed E-state index contributed by atoms with van der Waals surface area (Å²) < 4.78 is 0. The van der Waals surface area contributed by atoms with Gasteiger partial charge in [-0.15, -0.1) is 0 Å². The number of carboxylic acids is 1. The standard InChI is InChI=1S/C14H28BN3O5/c1-14(2,3)11(16)12(19)18-9-7-17-10(13(20)21)8(9)5-4-6-15(22)23/h8-11,17,22-23H,4-7,16H2,1-3H3,(H,18,19)(H,20,21). The largest absolute Gasteiger partial charge is 0.480 e. The lowest BCUT2D eigenvalue weighted by Gasteiger charge is -2.29. The second-order valence-electron chi connectivity index (χ2n) is 7.26. The molecule has 4 unspecified atom stereocenters. The van der Waals surface area contributed by atoms with Gasteiger partial charge in [0.15, 0.2) is 0 Å². The van der Waals surface area contributed by atoms with Crippen LogP contribution in [0.4, 0.5) is 0 Å². The number of hydrogen-bond acceptors (Lipinski definition) is 6. The van der Waals surface area contributed by atoms with Crippen LogP contribution in [0.25, 0.3) is 0 Å². The predicted octanol–water partition coefficient (Wildman–Crippen LogP) is -1.23. The van der Waals surface area contributed by atoms with Crippen LogP contribution in [0.1, 0.15) is 33.6 Å². The zero-order chi connectivity index (χ0) is 17.8. The molecule has 1 amide bonds. The third-order valence-electron chi connectivity index (χ3n) is 4.31. The number of carboxylic acid groups (broad SMARTS) is 1. The van der Waals surface area contributed by atoms with Gasteiger partial charge in [-0.2, -0.15) is 0 Å². The average molecular weight is 329 g/mol. The number of amides is 1. The van der Waals surface area contributed by atoms with Crippen molar-refractivity contribution in [3.05, 3.63) is 0 Å². The normalized spacial score (nSPS) is 25.9. The second-order valence-corrected chi connectivity index (χ2v) is 7.26. The van der Waals surface area contributed by atoms with E-state index in [-0.39, 0.29) is 24.2 Å². The molecule has 4 atom stereocenters. The number of carbonyl (C=O) groups is 2. The fourth-order valence-electron chi connectivity index (χ4n) is 2.79. The summed E-state index contributed by atoms with van der Waals surface area (Å²) in [6, 6.07) is -1.79. The van der Waals surface area contributed by atoms with Crippen LogP contribution in [-0.2, 0) is 9.59 Å². The summed E-state index contributed by atoms with van der Waals surface area (Å²) in [6.45, 7) is 5.95. The molecule has 1 fully saturated rings. The van der Waals surface area contributed by atoms with Crippen molar-refractivity contribution in [2.75, 3.05) is 6.54 Å². The molecule has 0 radical (unpaired) electrons. The number of hydrogen-bond donors (Lipinski definition) is 6. The van der Waals surface area contributed by atoms with Gasteiger partial charge >= 0.3 is 13.1 Å². The fourth-order valence-corrected chi connectivity index (χ4v) is 2.79. The van der Waals surface area contributed by atoms with Crippen LogP contribution in [0.15, 0.2) is 0 Å². The summed E-state index contributed by atoms with van der Waals surface area (Å²) in [5.41, 5.74) is 5.55. The maximum atomic E-state index is 12.3. The summed E-state index contributed by atoms with van der Waals surface area (Å²) in [4.78, 5) is 23.6. The van der Waals surface area contributed by atoms with Gasteiger partial charge in [-0.1, -0.05) is 27.2 Å². The third-order valence-corrected chi connectivity index (χ3v) is 4.31. The van der Waals surface area contributed by atoms with Crippen LogP contribution in [0.5, 0.6) is 0 Å². The Bertz CT molecular complexity index is 427. The van der Waals surface area contributed by atoms with Crippen LogP contribution >= 0.6 is 0 Å². The minimum absolute atomic E-state index is 0.172. The predicted molar refractivity (Wildman–Crippen MR) is 86.5 cm³/mol. The van der Waals surface area contributed by atoms with Crippen molar-refractivity contribution in [2.24, 2.45) is 17.1 Å². The first-order valence-electron chi connectivity index (χ1n) is 7.92. The molecule has 0 aliphatic carbocycles. The van der Waals surface area contributed by atoms with Gasteiger partial charge in [0, 0.05) is 18.5 Å². The van der Waals surface area contributed by atoms with E-state index in [2.05, 4.69) is 10.6 Å². The number of rotatable bonds is 7. The first kappa shape index (κ1) is 19.9. The molecule has 0 aromatic heterocycles. The summed E-state index contributed by atoms with van der Waals surface area (Å²) in [6.07, 6.45) is 1.10. The lowest BCUT2D eigenvalue weighted by Crippen LogP contribution is -2.53. The third kappa shape index (κ3) is 5.76. The highest BCUT2D eigenvalue weighted by molar-refractivity contribution is 6.40. The second kappa shape index (κ2) is 8.10. The van der Waals surface area contributed by atoms with Crippen molar-refractivity contribution in [2.45, 2.75) is 58.1 Å². The van der Waals surface area contributed by atoms with Gasteiger partial charge in [-0.25, -0.2) is 0 Å². The van der Waals surface area contributed by atoms with E-state index in [1.165, 1.54) is 0 Å². The molecule has 0 aromatic rings. The summed E-state index contributed by atoms with van der Waals surface area (Å²) >= 11 is 0. The number of carbonyl (C=O) groups excluding carboxylic acids is 1. The molecule has 1 heterocycles. The lowest BCUT2D eigenvalue weighted by atomic mass is 9.80. The molecule has 0 bridgehead atoms. The Morgan fingerprint density at radius 1 is 1.39 bits per heavy atom. The van der Waals surface area contributed by atoms with Crippen molar-refractivity contribution >= 4 is 19.0 Å². The molecule has 7 N–H and O–H groups in total. The van der Waals surface area contributed by atoms with E-state index in [1.807, 2.05) is 20.8 Å². The van der Waals surface area contributed by atoms with E-state index >= 15 is 0 Å². The molecule has 1 saturated heterocycles. The van der Waals surface area contributed by atoms with E-state index in [1.54, 1.807) is 0 Å². The van der Waals surface area contributed by atoms with Crippen molar-refractivity contribution in [1.29, 1.82) is 0 Å². The molecule has 1 aliphatic heterocycles. The molecule has 9 heteroatoms. The van der Waals surface area contributed by atoms with Gasteiger partial charge in [0.25, 0.3) is 0 Å². The van der Waals surface area contributed by atoms with E-state index in [0.717, 1.165) is 0 Å². The molecule has 0 aromatic carbocycles. The highest BCUT2D eigenvalue weighted by Gasteiger charge is 2.41. The van der Waals surface area contributed by atoms with Gasteiger partial charge in [0.2, 0.25) is 5.91 Å². The maximum absolute atomic E-state index is 12.3. The monoisotopic (exact) mass is 329 g/mol. The van der Waals surface area contributed by atoms with E-state index in [9.17, 15) is 14.7 Å². The fraction of sp³-hybridized carbons (Fsp3) is 0.857. The minimum Gasteiger partial charge on any atom is -0.480 e. The molecule has 1 rings (SSSR count). The Morgan fingerprint density at radius 3 is 2.48 bits per heavy atom. The molecule has 132 valence electrons. The smallest absolute Gasteiger partial charge is 0.451 e. The van der Waals surface area contributed by atoms with Crippen molar-refractivity contribution in [3.63, 3.8) is 0 Å². The Hall–Kier alpha value is -1.16. The lowest BCUT2D eigenvalue weighted by molar-refractivity contribution is -0.140. The van der Waals surface area contributed by atoms with Crippen molar-refractivity contribution < 1.29 is 24.7 Å². The quantitative estimate of drug-likeness (QED) is 0.321. The topological polar surface area (TPSA) is 145 Å². The molecule has 1 aliphatic rings. The average Bonchev–Trinajstić information content (AvgIpc) is 2.79. The van der Waals surface area contributed by atoms with Crippen molar-refractivity contribution in [1.82, 2.24) is 10.6 Å². The summed E-state index contributed by atoms with van der Waals surface area (Å²) in [7, 11) is -1.41. The van der Waals surface area contributed by atoms with E-state index in [0.29, 0.717) is 19.4 Å². The van der Waals surface area contributed by atoms with Crippen LogP contribution in [0.3, 0.4) is 0 Å². The van der Waals surface area contributed by atoms with Gasteiger partial charge in [-0.05, 0) is 18.2 Å². The highest BCUT2D eigenvalue weighted by Crippen LogP contribution is 2.24. The summed E-state index contributed by atoms with van der Waals surface area (Å²) in [5, 5.41) is 32.8. The van der Waals surface area contributed by atoms with Crippen LogP contribution in [0.2, 0.25) is 6.32 Å². The van der Waals surface area contributed by atoms with Gasteiger partial charge in [0.1, 0.15) is 6.04 Å². The molecule has 8 nitrogen and oxygen atoms in total. The number of nitrogens with two attached hydrogens (primary N) is 1. The minimum atomic E-state index is -1.41. The Kier molecular flexibility index (Phi) is 7.00. The van der Waals surface area contributed by atoms with Gasteiger partial charge in [0.05, 0.1) is 6.04 Å². The highest BCUT2D eigenvalue weighted by atomic mass is 16.4. The first-order chi connectivity index (χ1) is 10.5. The van der Waals surface area contributed by atoms with Crippen molar-refractivity contribution in [3.8, 4) is 0 Å². The first-order valence-corrected chi connectivity index (χ1v) is 7.92. The number of nitrogens with one attached hydrogen (secondary N) is 2. The van der Waals surface area contributed by atoms with E-state index in [4.69, 9.17) is 15.8 Å². The molecule has 0 saturated carbocycles. The van der Waals surface area contributed by atoms with Gasteiger partial charge in [-0.3, -0.25) is 9.59 Å². The number of aliphatic carboxylic acids is 1. The van der Waals surface area contributed by atoms with E-state index < -0.39 is 30.6 Å². The SMILES string of the molecule is CC(C)(C)C(N)C(=O)NC1CNC(C(=O)O)C1CCCB(O)O. The Balaban J connectivity index is 2.71. The summed E-state index contributed by atoms with van der Waals surface area (Å²) in [5.74, 6) is -1.60. The zero-order valence-electron chi connectivity index (χ0n) is 14.0. The molecule has 23 heavy (non-hydrogen) atoms. The van der Waals surface area contributed by atoms with Crippen LogP contribution in [0, 0.1) is 11.3 Å². The van der Waals surface area contributed by atoms with Crippen LogP contribution in [-0.4, -0.2) is 58.8 Å². The zero-order valence-corrected chi connectivity index (χ0v) is 14.0. The maximum Gasteiger partial charge on any atom is 0.451 e. The van der Waals surface area contributed by atoms with Crippen LogP contribution < -0.4 is 16.4 Å². The molecular formula is C14H28BN3O5. The van der Waals surface area contributed by atoms with Gasteiger partial charge < -0.3 is 31.5 Å². The molecule has 0 spiro atoms. The molecular weight excluding hydrogens is 301 g/mol.